The number of carbonyl (C=O) groups is 14. The van der Waals surface area contributed by atoms with Crippen LogP contribution in [0, 0.1) is 11.8 Å². The zero-order valence-corrected chi connectivity index (χ0v) is 52.7. The first-order valence-corrected chi connectivity index (χ1v) is 29.8. The molecule has 0 aliphatic rings. The number of aliphatic carboxylic acids is 5. The smallest absolute Gasteiger partial charge is 0.326 e. The van der Waals surface area contributed by atoms with Gasteiger partial charge in [0.1, 0.15) is 54.4 Å². The minimum absolute atomic E-state index is 0.00133. The van der Waals surface area contributed by atoms with Crippen LogP contribution in [-0.4, -0.2) is 218 Å². The maximum atomic E-state index is 14.6. The molecule has 526 valence electrons. The maximum absolute atomic E-state index is 14.6. The van der Waals surface area contributed by atoms with Gasteiger partial charge in [-0.1, -0.05) is 27.7 Å². The normalized spacial score (nSPS) is 14.5. The highest BCUT2D eigenvalue weighted by Crippen LogP contribution is 2.14. The number of hydrogen-bond acceptors (Lipinski definition) is 19. The van der Waals surface area contributed by atoms with Gasteiger partial charge in [-0.25, -0.2) is 4.79 Å². The Morgan fingerprint density at radius 2 is 0.581 bits per heavy atom. The zero-order valence-electron chi connectivity index (χ0n) is 52.7. The van der Waals surface area contributed by atoms with Crippen LogP contribution in [0.15, 0.2) is 15.0 Å². The van der Waals surface area contributed by atoms with Crippen molar-refractivity contribution in [3.8, 4) is 0 Å². The number of aliphatic hydroxyl groups excluding tert-OH is 1. The van der Waals surface area contributed by atoms with Gasteiger partial charge in [0.2, 0.25) is 53.2 Å². The second-order valence-corrected chi connectivity index (χ2v) is 22.5. The van der Waals surface area contributed by atoms with E-state index >= 15 is 0 Å². The first kappa shape index (κ1) is 83.3. The monoisotopic (exact) mass is 1330 g/mol. The van der Waals surface area contributed by atoms with Crippen LogP contribution in [0.2, 0.25) is 0 Å². The lowest BCUT2D eigenvalue weighted by molar-refractivity contribution is -0.144. The van der Waals surface area contributed by atoms with Gasteiger partial charge < -0.3 is 119 Å². The third kappa shape index (κ3) is 37.3. The topological polar surface area (TPSA) is 688 Å². The van der Waals surface area contributed by atoms with E-state index in [1.165, 1.54) is 0 Å². The minimum atomic E-state index is -1.84. The molecule has 0 aliphatic heterocycles. The summed E-state index contributed by atoms with van der Waals surface area (Å²) in [6.07, 6.45) is -7.62. The van der Waals surface area contributed by atoms with Gasteiger partial charge in [-0.2, -0.15) is 0 Å². The van der Waals surface area contributed by atoms with E-state index < -0.39 is 200 Å². The molecule has 0 saturated heterocycles. The molecule has 39 nitrogen and oxygen atoms in total. The van der Waals surface area contributed by atoms with E-state index in [1.54, 1.807) is 27.7 Å². The van der Waals surface area contributed by atoms with Crippen LogP contribution in [0.4, 0.5) is 0 Å². The highest BCUT2D eigenvalue weighted by Gasteiger charge is 2.37. The van der Waals surface area contributed by atoms with Crippen molar-refractivity contribution in [1.82, 2.24) is 47.9 Å². The second kappa shape index (κ2) is 43.9. The highest BCUT2D eigenvalue weighted by molar-refractivity contribution is 5.99. The summed E-state index contributed by atoms with van der Waals surface area (Å²) in [5, 5.41) is 78.8. The van der Waals surface area contributed by atoms with Crippen LogP contribution in [-0.2, 0) is 67.1 Å². The number of nitrogens with zero attached hydrogens (tertiary/aromatic N) is 3. The Labute approximate surface area is 535 Å². The first-order chi connectivity index (χ1) is 43.3. The van der Waals surface area contributed by atoms with Crippen LogP contribution in [0.25, 0.3) is 0 Å². The number of hydrogen-bond donors (Lipinski definition) is 22. The fourth-order valence-electron chi connectivity index (χ4n) is 8.56. The van der Waals surface area contributed by atoms with Crippen LogP contribution in [0.3, 0.4) is 0 Å². The Kier molecular flexibility index (Phi) is 39.3. The predicted octanol–water partition coefficient (Wildman–Crippen LogP) is -7.15. The molecule has 0 aliphatic carbocycles. The van der Waals surface area contributed by atoms with Crippen molar-refractivity contribution in [1.29, 1.82) is 0 Å². The molecule has 0 aromatic carbocycles. The van der Waals surface area contributed by atoms with Gasteiger partial charge in [0.25, 0.3) is 0 Å². The number of carboxylic acids is 5. The summed E-state index contributed by atoms with van der Waals surface area (Å²) in [5.41, 5.74) is 38.9. The van der Waals surface area contributed by atoms with Gasteiger partial charge in [0, 0.05) is 45.3 Å². The summed E-state index contributed by atoms with van der Waals surface area (Å²) in [7, 11) is 0. The molecule has 0 fully saturated rings. The maximum Gasteiger partial charge on any atom is 0.326 e. The largest absolute Gasteiger partial charge is 0.481 e. The molecule has 29 N–H and O–H groups in total. The number of amides is 9. The number of aliphatic imine (C=N–C) groups is 3. The molecule has 11 atom stereocenters. The summed E-state index contributed by atoms with van der Waals surface area (Å²) in [6.45, 7) is 7.42. The van der Waals surface area contributed by atoms with Crippen molar-refractivity contribution in [3.63, 3.8) is 0 Å². The predicted molar refractivity (Wildman–Crippen MR) is 331 cm³/mol. The molecule has 39 heteroatoms. The highest BCUT2D eigenvalue weighted by atomic mass is 16.4. The number of nitrogens with one attached hydrogen (secondary N) is 9. The molecule has 0 aromatic heterocycles. The average molecular weight is 1330 g/mol. The Morgan fingerprint density at radius 1 is 0.333 bits per heavy atom. The fraction of sp³-hybridized carbons (Fsp3) is 0.685. The fourth-order valence-corrected chi connectivity index (χ4v) is 8.56. The van der Waals surface area contributed by atoms with Crippen molar-refractivity contribution in [2.24, 2.45) is 66.9 Å². The summed E-state index contributed by atoms with van der Waals surface area (Å²) >= 11 is 0. The molecule has 0 aromatic rings. The number of nitrogens with two attached hydrogens (primary N) is 7. The Hall–Kier alpha value is -9.69. The number of carbonyl (C=O) groups excluding carboxylic acids is 9. The van der Waals surface area contributed by atoms with Crippen LogP contribution < -0.4 is 88.0 Å². The summed E-state index contributed by atoms with van der Waals surface area (Å²) in [5.74, 6) is -18.7. The molecular weight excluding hydrogens is 1230 g/mol. The minimum Gasteiger partial charge on any atom is -0.481 e. The molecule has 0 rings (SSSR count). The average Bonchev–Trinajstić information content (AvgIpc) is 1.05. The Balaban J connectivity index is 7.45. The third-order valence-corrected chi connectivity index (χ3v) is 13.3. The summed E-state index contributed by atoms with van der Waals surface area (Å²) in [6, 6.07) is -16.4. The van der Waals surface area contributed by atoms with Crippen molar-refractivity contribution < 1.29 is 97.8 Å². The third-order valence-electron chi connectivity index (χ3n) is 13.3. The number of carboxylic acid groups (broad SMARTS) is 5. The van der Waals surface area contributed by atoms with Gasteiger partial charge in [0.15, 0.2) is 17.9 Å². The van der Waals surface area contributed by atoms with Gasteiger partial charge in [-0.05, 0) is 95.8 Å². The van der Waals surface area contributed by atoms with Crippen LogP contribution >= 0.6 is 0 Å². The van der Waals surface area contributed by atoms with E-state index in [9.17, 15) is 87.5 Å². The quantitative estimate of drug-likeness (QED) is 0.0153. The standard InChI is InChI=1S/C54H95N19O20/c1-25(2)23-35(71-47(88)33(14-18-39(79)80)69-46(87)32(13-17-38(77)78)65-42(83)28(55)12-16-37(75)76)48(89)68-30(10-7-21-63-53(58)59)44(85)66-29(9-6-20-62-52(56)57)43(84)67-31(11-8-22-64-54(60)61)45(86)72-36(24-26(3)4)49(90)73-41(27(5)74)50(91)70-34(51(92)93)15-19-40(81)82/h25-36,41,74H,6-24,55H2,1-5H3,(H,65,83)(H,66,85)(H,67,84)(H,68,89)(H,69,87)(H,70,91)(H,71,88)(H,72,86)(H,73,90)(H,75,76)(H,77,78)(H,79,80)(H,81,82)(H,92,93)(H4,56,57,62)(H4,58,59,63)(H4,60,61,64)/t27-,28+,29+,30+,31+,32+,33+,34+,35+,36+,41+/m1/s1. The van der Waals surface area contributed by atoms with E-state index in [2.05, 4.69) is 62.8 Å². The van der Waals surface area contributed by atoms with E-state index in [4.69, 9.17) is 50.3 Å². The summed E-state index contributed by atoms with van der Waals surface area (Å²) in [4.78, 5) is 195. The Bertz CT molecular complexity index is 2650. The molecule has 9 amide bonds. The molecule has 0 saturated carbocycles. The SMILES string of the molecule is CC(C)C[C@H](NC(=O)[C@H](CCC(=O)O)NC(=O)[C@H](CCC(=O)O)NC(=O)[C@@H](N)CCC(=O)O)C(=O)N[C@@H](CCCN=C(N)N)C(=O)N[C@@H](CCCN=C(N)N)C(=O)N[C@@H](CCCN=C(N)N)C(=O)N[C@@H](CC(C)C)C(=O)N[C@H](C(=O)N[C@@H](CCC(=O)O)C(=O)O)[C@@H](C)O. The van der Waals surface area contributed by atoms with Crippen molar-refractivity contribution in [3.05, 3.63) is 0 Å². The van der Waals surface area contributed by atoms with E-state index in [0.717, 1.165) is 6.92 Å². The molecule has 0 radical (unpaired) electrons. The van der Waals surface area contributed by atoms with Crippen LogP contribution in [0.1, 0.15) is 137 Å². The van der Waals surface area contributed by atoms with E-state index in [1.807, 2.05) is 0 Å². The number of guanidine groups is 3. The van der Waals surface area contributed by atoms with Gasteiger partial charge in [0.05, 0.1) is 12.1 Å². The number of aliphatic hydroxyl groups is 1. The van der Waals surface area contributed by atoms with Crippen LogP contribution in [0.5, 0.6) is 0 Å². The Morgan fingerprint density at radius 3 is 0.860 bits per heavy atom. The van der Waals surface area contributed by atoms with E-state index in [0.29, 0.717) is 0 Å². The zero-order chi connectivity index (χ0) is 71.2. The first-order valence-electron chi connectivity index (χ1n) is 29.8. The van der Waals surface area contributed by atoms with Crippen molar-refractivity contribution in [2.45, 2.75) is 204 Å². The molecule has 0 heterocycles. The summed E-state index contributed by atoms with van der Waals surface area (Å²) < 4.78 is 0. The van der Waals surface area contributed by atoms with Crippen molar-refractivity contribution >= 4 is 101 Å². The van der Waals surface area contributed by atoms with E-state index in [-0.39, 0.29) is 101 Å². The van der Waals surface area contributed by atoms with Gasteiger partial charge >= 0.3 is 29.8 Å². The van der Waals surface area contributed by atoms with Gasteiger partial charge in [-0.15, -0.1) is 0 Å². The lowest BCUT2D eigenvalue weighted by atomic mass is 10.0. The second-order valence-electron chi connectivity index (χ2n) is 22.5. The van der Waals surface area contributed by atoms with Crippen molar-refractivity contribution in [2.75, 3.05) is 19.6 Å². The lowest BCUT2D eigenvalue weighted by Gasteiger charge is -2.29. The molecule has 93 heavy (non-hydrogen) atoms. The van der Waals surface area contributed by atoms with Gasteiger partial charge in [-0.3, -0.25) is 77.3 Å². The number of rotatable bonds is 48. The molecule has 0 spiro atoms. The molecule has 0 bridgehead atoms. The lowest BCUT2D eigenvalue weighted by Crippen LogP contribution is -2.61. The molecular formula is C54H95N19O20. The molecule has 0 unspecified atom stereocenters.